The van der Waals surface area contributed by atoms with Crippen LogP contribution in [0.15, 0.2) is 52.6 Å². The average Bonchev–Trinajstić information content (AvgIpc) is 2.91. The molecule has 0 aliphatic carbocycles. The number of carboxylic acids is 1. The van der Waals surface area contributed by atoms with Crippen LogP contribution in [0.2, 0.25) is 0 Å². The quantitative estimate of drug-likeness (QED) is 0.596. The van der Waals surface area contributed by atoms with Crippen LogP contribution in [0.3, 0.4) is 0 Å². The van der Waals surface area contributed by atoms with Gasteiger partial charge in [-0.25, -0.2) is 9.10 Å². The summed E-state index contributed by atoms with van der Waals surface area (Å²) in [6.07, 6.45) is -0.783. The number of aliphatic hydroxyl groups is 1. The van der Waals surface area contributed by atoms with Crippen molar-refractivity contribution >= 4 is 34.6 Å². The summed E-state index contributed by atoms with van der Waals surface area (Å²) in [5.41, 5.74) is 2.08. The molecule has 2 N–H and O–H groups in total. The number of carboxylic acid groups (broad SMARTS) is 1. The number of nitrogens with zero attached hydrogens (tertiary/aromatic N) is 2. The normalized spacial score (nSPS) is 27.2. The minimum Gasteiger partial charge on any atom is -0.477 e. The Morgan fingerprint density at radius 1 is 1.28 bits per heavy atom. The van der Waals surface area contributed by atoms with Crippen LogP contribution in [0.25, 0.3) is 10.8 Å². The third kappa shape index (κ3) is 2.64. The van der Waals surface area contributed by atoms with Crippen molar-refractivity contribution in [3.8, 4) is 0 Å². The highest BCUT2D eigenvalue weighted by molar-refractivity contribution is 7.97. The summed E-state index contributed by atoms with van der Waals surface area (Å²) in [6.45, 7) is 4.74. The second-order valence-electron chi connectivity index (χ2n) is 8.09. The summed E-state index contributed by atoms with van der Waals surface area (Å²) in [7, 11) is 0. The van der Waals surface area contributed by atoms with E-state index in [4.69, 9.17) is 0 Å². The molecular formula is C22H22N2O4S. The molecule has 3 aliphatic heterocycles. The van der Waals surface area contributed by atoms with Crippen molar-refractivity contribution in [3.63, 3.8) is 0 Å². The number of benzene rings is 2. The third-order valence-electron chi connectivity index (χ3n) is 6.39. The first kappa shape index (κ1) is 18.7. The van der Waals surface area contributed by atoms with Crippen LogP contribution in [0.5, 0.6) is 0 Å². The molecule has 0 spiro atoms. The van der Waals surface area contributed by atoms with Crippen molar-refractivity contribution < 1.29 is 19.8 Å². The summed E-state index contributed by atoms with van der Waals surface area (Å²) >= 11 is 1.64. The second-order valence-corrected chi connectivity index (χ2v) is 9.23. The Morgan fingerprint density at radius 2 is 2.00 bits per heavy atom. The van der Waals surface area contributed by atoms with Gasteiger partial charge in [-0.05, 0) is 41.5 Å². The molecule has 4 atom stereocenters. The van der Waals surface area contributed by atoms with Crippen molar-refractivity contribution in [2.75, 3.05) is 6.54 Å². The number of aliphatic hydroxyl groups excluding tert-OH is 1. The van der Waals surface area contributed by atoms with Crippen LogP contribution in [0.1, 0.15) is 19.4 Å². The molecule has 0 saturated carbocycles. The van der Waals surface area contributed by atoms with Crippen molar-refractivity contribution in [1.29, 1.82) is 0 Å². The van der Waals surface area contributed by atoms with E-state index in [-0.39, 0.29) is 23.6 Å². The van der Waals surface area contributed by atoms with Gasteiger partial charge < -0.3 is 15.1 Å². The Labute approximate surface area is 172 Å². The summed E-state index contributed by atoms with van der Waals surface area (Å²) in [6, 6.07) is 12.2. The maximum absolute atomic E-state index is 12.5. The molecule has 4 unspecified atom stereocenters. The summed E-state index contributed by atoms with van der Waals surface area (Å²) < 4.78 is 2.17. The SMILES string of the molecule is CC(O)C1C(=O)N2C(C(=O)O)=C(CN3Cc4cccc5cccc(c45)S3)C(C)C12. The standard InChI is InChI=1S/C22H22N2O4S/c1-11-15(20(22(27)28)24-19(11)17(12(2)25)21(24)26)10-23-9-14-7-3-5-13-6-4-8-16(29-23)18(13)14/h3-8,11-12,17,19,25H,9-10H2,1-2H3,(H,27,28). The summed E-state index contributed by atoms with van der Waals surface area (Å²) in [5, 5.41) is 22.3. The fourth-order valence-electron chi connectivity index (χ4n) is 5.08. The van der Waals surface area contributed by atoms with Crippen LogP contribution in [-0.4, -0.2) is 50.0 Å². The van der Waals surface area contributed by atoms with Gasteiger partial charge in [0.05, 0.1) is 18.1 Å². The topological polar surface area (TPSA) is 81.1 Å². The largest absolute Gasteiger partial charge is 0.477 e. The highest BCUT2D eigenvalue weighted by Crippen LogP contribution is 2.48. The monoisotopic (exact) mass is 410 g/mol. The maximum atomic E-state index is 12.5. The molecule has 1 saturated heterocycles. The smallest absolute Gasteiger partial charge is 0.352 e. The third-order valence-corrected chi connectivity index (χ3v) is 7.44. The van der Waals surface area contributed by atoms with Crippen LogP contribution < -0.4 is 0 Å². The van der Waals surface area contributed by atoms with E-state index in [1.165, 1.54) is 21.2 Å². The van der Waals surface area contributed by atoms with E-state index in [1.807, 2.05) is 19.1 Å². The van der Waals surface area contributed by atoms with E-state index in [0.717, 1.165) is 10.5 Å². The van der Waals surface area contributed by atoms with Crippen molar-refractivity contribution in [3.05, 3.63) is 53.2 Å². The van der Waals surface area contributed by atoms with Gasteiger partial charge in [-0.2, -0.15) is 0 Å². The first-order valence-electron chi connectivity index (χ1n) is 9.79. The van der Waals surface area contributed by atoms with Crippen molar-refractivity contribution in [1.82, 2.24) is 9.21 Å². The number of hydrogen-bond donors (Lipinski definition) is 2. The molecule has 1 amide bonds. The molecule has 2 aromatic carbocycles. The van der Waals surface area contributed by atoms with Crippen LogP contribution in [0.4, 0.5) is 0 Å². The first-order chi connectivity index (χ1) is 13.9. The van der Waals surface area contributed by atoms with Gasteiger partial charge in [0.15, 0.2) is 0 Å². The van der Waals surface area contributed by atoms with Gasteiger partial charge >= 0.3 is 5.97 Å². The average molecular weight is 410 g/mol. The minimum absolute atomic E-state index is 0.0991. The van der Waals surface area contributed by atoms with Crippen molar-refractivity contribution in [2.45, 2.75) is 37.4 Å². The second kappa shape index (κ2) is 6.58. The first-order valence-corrected chi connectivity index (χ1v) is 10.6. The molecule has 3 heterocycles. The van der Waals surface area contributed by atoms with Crippen LogP contribution in [-0.2, 0) is 16.1 Å². The number of aliphatic carboxylic acids is 1. The number of β-lactam (4-membered cyclic amide) rings is 1. The van der Waals surface area contributed by atoms with Gasteiger partial charge in [0.2, 0.25) is 5.91 Å². The Kier molecular flexibility index (Phi) is 4.24. The van der Waals surface area contributed by atoms with E-state index in [1.54, 1.807) is 18.9 Å². The molecule has 0 bridgehead atoms. The summed E-state index contributed by atoms with van der Waals surface area (Å²) in [4.78, 5) is 27.1. The van der Waals surface area contributed by atoms with Crippen LogP contribution in [0, 0.1) is 11.8 Å². The number of fused-ring (bicyclic) bond motifs is 1. The minimum atomic E-state index is -1.07. The van der Waals surface area contributed by atoms with E-state index < -0.39 is 18.0 Å². The molecule has 150 valence electrons. The number of carbonyl (C=O) groups is 2. The molecule has 0 aromatic heterocycles. The Balaban J connectivity index is 1.48. The van der Waals surface area contributed by atoms with Gasteiger partial charge in [-0.3, -0.25) is 4.79 Å². The lowest BCUT2D eigenvalue weighted by Crippen LogP contribution is -2.63. The lowest BCUT2D eigenvalue weighted by Gasteiger charge is -2.46. The van der Waals surface area contributed by atoms with E-state index in [0.29, 0.717) is 13.1 Å². The van der Waals surface area contributed by atoms with E-state index in [2.05, 4.69) is 28.6 Å². The fraction of sp³-hybridized carbons (Fsp3) is 0.364. The zero-order valence-corrected chi connectivity index (χ0v) is 17.0. The highest BCUT2D eigenvalue weighted by atomic mass is 32.2. The lowest BCUT2D eigenvalue weighted by molar-refractivity contribution is -0.163. The zero-order valence-electron chi connectivity index (χ0n) is 16.2. The Morgan fingerprint density at radius 3 is 2.69 bits per heavy atom. The zero-order chi connectivity index (χ0) is 20.4. The van der Waals surface area contributed by atoms with Crippen LogP contribution >= 0.6 is 11.9 Å². The number of amides is 1. The Hall–Kier alpha value is -2.35. The number of rotatable bonds is 4. The predicted octanol–water partition coefficient (Wildman–Crippen LogP) is 2.86. The lowest BCUT2D eigenvalue weighted by atomic mass is 9.78. The van der Waals surface area contributed by atoms with Gasteiger partial charge in [-0.1, -0.05) is 37.3 Å². The number of carbonyl (C=O) groups excluding carboxylic acids is 1. The fourth-order valence-corrected chi connectivity index (χ4v) is 6.25. The molecule has 29 heavy (non-hydrogen) atoms. The molecule has 2 aromatic rings. The molecule has 3 aliphatic rings. The van der Waals surface area contributed by atoms with Gasteiger partial charge in [-0.15, -0.1) is 0 Å². The number of hydrogen-bond acceptors (Lipinski definition) is 5. The molecule has 1 fully saturated rings. The maximum Gasteiger partial charge on any atom is 0.352 e. The molecular weight excluding hydrogens is 388 g/mol. The van der Waals surface area contributed by atoms with E-state index in [9.17, 15) is 19.8 Å². The Bertz CT molecular complexity index is 1040. The molecule has 5 rings (SSSR count). The molecule has 0 radical (unpaired) electrons. The van der Waals surface area contributed by atoms with Gasteiger partial charge in [0, 0.05) is 29.3 Å². The van der Waals surface area contributed by atoms with Gasteiger partial charge in [0.25, 0.3) is 0 Å². The highest BCUT2D eigenvalue weighted by Gasteiger charge is 2.59. The molecule has 6 nitrogen and oxygen atoms in total. The summed E-state index contributed by atoms with van der Waals surface area (Å²) in [5.74, 6) is -1.99. The predicted molar refractivity (Wildman–Crippen MR) is 110 cm³/mol. The van der Waals surface area contributed by atoms with Crippen molar-refractivity contribution in [2.24, 2.45) is 11.8 Å². The van der Waals surface area contributed by atoms with Gasteiger partial charge in [0.1, 0.15) is 5.70 Å². The van der Waals surface area contributed by atoms with E-state index >= 15 is 0 Å². The molecule has 7 heteroatoms.